The van der Waals surface area contributed by atoms with E-state index in [2.05, 4.69) is 18.3 Å². The molecule has 0 atom stereocenters. The monoisotopic (exact) mass is 246 g/mol. The molecule has 4 heteroatoms. The van der Waals surface area contributed by atoms with E-state index in [1.165, 1.54) is 0 Å². The van der Waals surface area contributed by atoms with E-state index in [4.69, 9.17) is 14.7 Å². The summed E-state index contributed by atoms with van der Waals surface area (Å²) in [6, 6.07) is 7.66. The number of nitrogens with one attached hydrogen (secondary N) is 1. The lowest BCUT2D eigenvalue weighted by Gasteiger charge is -2.35. The third-order valence-electron chi connectivity index (χ3n) is 3.38. The van der Waals surface area contributed by atoms with Gasteiger partial charge in [0, 0.05) is 24.8 Å². The van der Waals surface area contributed by atoms with Gasteiger partial charge in [-0.1, -0.05) is 0 Å². The lowest BCUT2D eigenvalue weighted by atomic mass is 9.92. The van der Waals surface area contributed by atoms with Gasteiger partial charge in [0.15, 0.2) is 0 Å². The second kappa shape index (κ2) is 5.28. The van der Waals surface area contributed by atoms with Gasteiger partial charge in [-0.05, 0) is 31.9 Å². The van der Waals surface area contributed by atoms with E-state index in [-0.39, 0.29) is 5.54 Å². The third kappa shape index (κ3) is 2.74. The van der Waals surface area contributed by atoms with Crippen molar-refractivity contribution >= 4 is 5.69 Å². The highest BCUT2D eigenvalue weighted by Gasteiger charge is 2.27. The van der Waals surface area contributed by atoms with Crippen molar-refractivity contribution in [3.63, 3.8) is 0 Å². The topological polar surface area (TPSA) is 54.3 Å². The van der Waals surface area contributed by atoms with E-state index in [0.717, 1.165) is 37.5 Å². The molecule has 1 aliphatic heterocycles. The number of methoxy groups -OCH3 is 1. The molecule has 0 radical (unpaired) electrons. The van der Waals surface area contributed by atoms with E-state index < -0.39 is 0 Å². The van der Waals surface area contributed by atoms with Crippen LogP contribution in [-0.2, 0) is 4.74 Å². The molecule has 0 aliphatic carbocycles. The van der Waals surface area contributed by atoms with Gasteiger partial charge in [0.05, 0.1) is 18.4 Å². The Morgan fingerprint density at radius 3 is 2.72 bits per heavy atom. The quantitative estimate of drug-likeness (QED) is 0.890. The van der Waals surface area contributed by atoms with Crippen LogP contribution in [0.2, 0.25) is 0 Å². The van der Waals surface area contributed by atoms with Gasteiger partial charge in [-0.15, -0.1) is 0 Å². The fourth-order valence-corrected chi connectivity index (χ4v) is 2.12. The molecule has 1 saturated heterocycles. The summed E-state index contributed by atoms with van der Waals surface area (Å²) in [5, 5.41) is 12.6. The first kappa shape index (κ1) is 12.7. The first-order chi connectivity index (χ1) is 8.67. The number of anilines is 1. The highest BCUT2D eigenvalue weighted by Crippen LogP contribution is 2.29. The Morgan fingerprint density at radius 1 is 1.39 bits per heavy atom. The van der Waals surface area contributed by atoms with Crippen LogP contribution in [0.3, 0.4) is 0 Å². The lowest BCUT2D eigenvalue weighted by molar-refractivity contribution is 0.0658. The molecule has 2 rings (SSSR count). The first-order valence-electron chi connectivity index (χ1n) is 6.11. The molecule has 1 aromatic rings. The maximum atomic E-state index is 9.14. The second-order valence-electron chi connectivity index (χ2n) is 4.82. The Labute approximate surface area is 108 Å². The minimum Gasteiger partial charge on any atom is -0.497 e. The van der Waals surface area contributed by atoms with Crippen LogP contribution >= 0.6 is 0 Å². The Morgan fingerprint density at radius 2 is 2.11 bits per heavy atom. The normalized spacial score (nSPS) is 17.8. The summed E-state index contributed by atoms with van der Waals surface area (Å²) in [6.07, 6.45) is 1.88. The smallest absolute Gasteiger partial charge is 0.121 e. The van der Waals surface area contributed by atoms with Crippen molar-refractivity contribution in [3.8, 4) is 11.8 Å². The van der Waals surface area contributed by atoms with Gasteiger partial charge in [0.2, 0.25) is 0 Å². The molecule has 1 aliphatic rings. The molecule has 1 heterocycles. The molecular formula is C14H18N2O2. The predicted molar refractivity (Wildman–Crippen MR) is 69.8 cm³/mol. The van der Waals surface area contributed by atoms with Crippen molar-refractivity contribution in [2.45, 2.75) is 25.3 Å². The molecule has 1 N–H and O–H groups in total. The fourth-order valence-electron chi connectivity index (χ4n) is 2.12. The van der Waals surface area contributed by atoms with Gasteiger partial charge in [-0.2, -0.15) is 5.26 Å². The van der Waals surface area contributed by atoms with Gasteiger partial charge in [-0.25, -0.2) is 0 Å². The van der Waals surface area contributed by atoms with Crippen molar-refractivity contribution < 1.29 is 9.47 Å². The van der Waals surface area contributed by atoms with Crippen molar-refractivity contribution in [2.24, 2.45) is 0 Å². The van der Waals surface area contributed by atoms with Crippen LogP contribution in [0.5, 0.6) is 5.75 Å². The zero-order chi connectivity index (χ0) is 13.0. The molecule has 96 valence electrons. The van der Waals surface area contributed by atoms with Crippen molar-refractivity contribution in [2.75, 3.05) is 25.6 Å². The lowest BCUT2D eigenvalue weighted by Crippen LogP contribution is -2.40. The van der Waals surface area contributed by atoms with Crippen LogP contribution in [0.4, 0.5) is 5.69 Å². The number of benzene rings is 1. The van der Waals surface area contributed by atoms with Gasteiger partial charge in [0.1, 0.15) is 11.8 Å². The Balaban J connectivity index is 2.24. The number of ether oxygens (including phenoxy) is 2. The number of hydrogen-bond donors (Lipinski definition) is 1. The van der Waals surface area contributed by atoms with E-state index in [1.54, 1.807) is 19.2 Å². The van der Waals surface area contributed by atoms with Crippen LogP contribution in [-0.4, -0.2) is 25.9 Å². The molecule has 4 nitrogen and oxygen atoms in total. The third-order valence-corrected chi connectivity index (χ3v) is 3.38. The van der Waals surface area contributed by atoms with Gasteiger partial charge in [-0.3, -0.25) is 0 Å². The molecule has 0 spiro atoms. The molecule has 1 aromatic carbocycles. The summed E-state index contributed by atoms with van der Waals surface area (Å²) in [7, 11) is 1.63. The van der Waals surface area contributed by atoms with Crippen LogP contribution in [0, 0.1) is 11.3 Å². The fraction of sp³-hybridized carbons (Fsp3) is 0.500. The maximum Gasteiger partial charge on any atom is 0.121 e. The average molecular weight is 246 g/mol. The minimum atomic E-state index is -0.0176. The van der Waals surface area contributed by atoms with Gasteiger partial charge >= 0.3 is 0 Å². The number of rotatable bonds is 3. The molecular weight excluding hydrogens is 228 g/mol. The predicted octanol–water partition coefficient (Wildman–Crippen LogP) is 2.55. The standard InChI is InChI=1S/C14H18N2O2/c1-14(5-7-18-8-6-14)16-13-9-12(17-2)4-3-11(13)10-15/h3-4,9,16H,5-8H2,1-2H3. The summed E-state index contributed by atoms with van der Waals surface area (Å²) < 4.78 is 10.6. The number of nitriles is 1. The van der Waals surface area contributed by atoms with E-state index in [1.807, 2.05) is 6.07 Å². The Hall–Kier alpha value is -1.73. The summed E-state index contributed by atoms with van der Waals surface area (Å²) in [5.74, 6) is 0.757. The van der Waals surface area contributed by atoms with Crippen LogP contribution in [0.25, 0.3) is 0 Å². The molecule has 0 bridgehead atoms. The highest BCUT2D eigenvalue weighted by molar-refractivity contribution is 5.61. The molecule has 0 unspecified atom stereocenters. The SMILES string of the molecule is COc1ccc(C#N)c(NC2(C)CCOCC2)c1. The molecule has 0 saturated carbocycles. The van der Waals surface area contributed by atoms with Crippen molar-refractivity contribution in [3.05, 3.63) is 23.8 Å². The van der Waals surface area contributed by atoms with Crippen LogP contribution in [0.15, 0.2) is 18.2 Å². The number of hydrogen-bond acceptors (Lipinski definition) is 4. The zero-order valence-corrected chi connectivity index (χ0v) is 10.8. The van der Waals surface area contributed by atoms with E-state index in [0.29, 0.717) is 5.56 Å². The largest absolute Gasteiger partial charge is 0.497 e. The summed E-state index contributed by atoms with van der Waals surface area (Å²) in [4.78, 5) is 0. The maximum absolute atomic E-state index is 9.14. The molecule has 0 amide bonds. The summed E-state index contributed by atoms with van der Waals surface area (Å²) in [6.45, 7) is 3.68. The van der Waals surface area contributed by atoms with E-state index in [9.17, 15) is 0 Å². The average Bonchev–Trinajstić information content (AvgIpc) is 2.39. The summed E-state index contributed by atoms with van der Waals surface area (Å²) in [5.41, 5.74) is 1.46. The zero-order valence-electron chi connectivity index (χ0n) is 10.8. The van der Waals surface area contributed by atoms with Gasteiger partial charge in [0.25, 0.3) is 0 Å². The van der Waals surface area contributed by atoms with Crippen LogP contribution < -0.4 is 10.1 Å². The van der Waals surface area contributed by atoms with Crippen molar-refractivity contribution in [1.82, 2.24) is 0 Å². The Bertz CT molecular complexity index is 459. The molecule has 18 heavy (non-hydrogen) atoms. The highest BCUT2D eigenvalue weighted by atomic mass is 16.5. The summed E-state index contributed by atoms with van der Waals surface area (Å²) >= 11 is 0. The molecule has 0 aromatic heterocycles. The van der Waals surface area contributed by atoms with Crippen LogP contribution in [0.1, 0.15) is 25.3 Å². The minimum absolute atomic E-state index is 0.0176. The van der Waals surface area contributed by atoms with E-state index >= 15 is 0 Å². The number of nitrogens with zero attached hydrogens (tertiary/aromatic N) is 1. The van der Waals surface area contributed by atoms with Gasteiger partial charge < -0.3 is 14.8 Å². The van der Waals surface area contributed by atoms with Crippen molar-refractivity contribution in [1.29, 1.82) is 5.26 Å². The first-order valence-corrected chi connectivity index (χ1v) is 6.11. The second-order valence-corrected chi connectivity index (χ2v) is 4.82. The Kier molecular flexibility index (Phi) is 3.73. The molecule has 1 fully saturated rings.